The molecule has 162 valence electrons. The van der Waals surface area contributed by atoms with Gasteiger partial charge in [0.1, 0.15) is 0 Å². The van der Waals surface area contributed by atoms with E-state index >= 15 is 0 Å². The Morgan fingerprint density at radius 3 is 0.971 bits per heavy atom. The Kier molecular flexibility index (Phi) is 6.59. The van der Waals surface area contributed by atoms with Crippen molar-refractivity contribution in [1.29, 1.82) is 0 Å². The third-order valence-corrected chi connectivity index (χ3v) is 5.97. The molecule has 5 rings (SSSR count). The van der Waals surface area contributed by atoms with Gasteiger partial charge < -0.3 is 0 Å². The van der Waals surface area contributed by atoms with Gasteiger partial charge in [0.2, 0.25) is 0 Å². The molecule has 0 nitrogen and oxygen atoms in total. The van der Waals surface area contributed by atoms with Crippen LogP contribution in [0, 0.1) is 0 Å². The van der Waals surface area contributed by atoms with Crippen molar-refractivity contribution in [1.82, 2.24) is 0 Å². The topological polar surface area (TPSA) is 0 Å². The van der Waals surface area contributed by atoms with Gasteiger partial charge in [0, 0.05) is 0 Å². The van der Waals surface area contributed by atoms with E-state index in [4.69, 9.17) is 0 Å². The fourth-order valence-corrected chi connectivity index (χ4v) is 4.22. The van der Waals surface area contributed by atoms with E-state index in [1.54, 1.807) is 0 Å². The predicted molar refractivity (Wildman–Crippen MR) is 148 cm³/mol. The Balaban J connectivity index is 1.46. The molecule has 0 aliphatic rings. The van der Waals surface area contributed by atoms with Crippen LogP contribution in [0.5, 0.6) is 0 Å². The van der Waals surface area contributed by atoms with Gasteiger partial charge in [-0.1, -0.05) is 158 Å². The maximum Gasteiger partial charge on any atom is -0.0111 e. The third kappa shape index (κ3) is 4.98. The Morgan fingerprint density at radius 2 is 0.559 bits per heavy atom. The number of hydrogen-bond acceptors (Lipinski definition) is 0. The van der Waals surface area contributed by atoms with Crippen LogP contribution in [0.1, 0.15) is 22.3 Å². The molecule has 0 aliphatic heterocycles. The number of hydrogen-bond donors (Lipinski definition) is 0. The largest absolute Gasteiger partial charge is 0.0622 e. The van der Waals surface area contributed by atoms with Crippen molar-refractivity contribution in [3.63, 3.8) is 0 Å². The van der Waals surface area contributed by atoms with E-state index in [0.717, 1.165) is 0 Å². The second-order valence-electron chi connectivity index (χ2n) is 8.20. The van der Waals surface area contributed by atoms with Crippen molar-refractivity contribution in [2.75, 3.05) is 0 Å². The minimum Gasteiger partial charge on any atom is -0.0622 e. The van der Waals surface area contributed by atoms with E-state index in [1.165, 1.54) is 44.5 Å². The summed E-state index contributed by atoms with van der Waals surface area (Å²) in [5, 5.41) is 0. The van der Waals surface area contributed by atoms with Gasteiger partial charge in [0.15, 0.2) is 0 Å². The Hall–Kier alpha value is -4.42. The lowest BCUT2D eigenvalue weighted by atomic mass is 9.97. The van der Waals surface area contributed by atoms with Crippen LogP contribution in [-0.2, 0) is 0 Å². The first-order valence-corrected chi connectivity index (χ1v) is 11.6. The maximum absolute atomic E-state index is 2.22. The van der Waals surface area contributed by atoms with Crippen LogP contribution in [-0.4, -0.2) is 0 Å². The van der Waals surface area contributed by atoms with E-state index in [9.17, 15) is 0 Å². The molecule has 5 aromatic carbocycles. The monoisotopic (exact) mass is 434 g/mol. The van der Waals surface area contributed by atoms with Crippen LogP contribution in [0.25, 0.3) is 46.6 Å². The van der Waals surface area contributed by atoms with Gasteiger partial charge in [-0.25, -0.2) is 0 Å². The molecule has 0 amide bonds. The zero-order chi connectivity index (χ0) is 23.0. The van der Waals surface area contributed by atoms with Crippen LogP contribution in [0.3, 0.4) is 0 Å². The summed E-state index contributed by atoms with van der Waals surface area (Å²) in [4.78, 5) is 0. The summed E-state index contributed by atoms with van der Waals surface area (Å²) in [5.74, 6) is 0. The lowest BCUT2D eigenvalue weighted by Crippen LogP contribution is -1.84. The smallest absolute Gasteiger partial charge is 0.0111 e. The molecule has 0 unspecified atom stereocenters. The Bertz CT molecular complexity index is 1310. The van der Waals surface area contributed by atoms with E-state index < -0.39 is 0 Å². The minimum absolute atomic E-state index is 1.19. The standard InChI is InChI=1S/C34H26/c1-3-15-29(16-4-1)33-21-11-9-19-31(33)25-23-27-13-7-8-14-28(27)24-26-32-20-10-12-22-34(32)30-17-5-2-6-18-30/h1-26H. The molecule has 0 aliphatic carbocycles. The maximum atomic E-state index is 2.22. The van der Waals surface area contributed by atoms with Gasteiger partial charge in [0.25, 0.3) is 0 Å². The SMILES string of the molecule is C(=Cc1ccccc1-c1ccccc1)c1ccccc1C=Cc1ccccc1-c1ccccc1. The minimum atomic E-state index is 1.19. The fourth-order valence-electron chi connectivity index (χ4n) is 4.22. The summed E-state index contributed by atoms with van der Waals surface area (Å²) in [6, 6.07) is 46.7. The van der Waals surface area contributed by atoms with Crippen molar-refractivity contribution in [3.05, 3.63) is 156 Å². The van der Waals surface area contributed by atoms with E-state index in [-0.39, 0.29) is 0 Å². The van der Waals surface area contributed by atoms with Crippen LogP contribution in [0.2, 0.25) is 0 Å². The zero-order valence-electron chi connectivity index (χ0n) is 19.0. The van der Waals surface area contributed by atoms with Gasteiger partial charge >= 0.3 is 0 Å². The Labute approximate surface area is 202 Å². The summed E-state index contributed by atoms with van der Waals surface area (Å²) in [5.41, 5.74) is 9.75. The molecule has 0 saturated heterocycles. The molecule has 0 radical (unpaired) electrons. The predicted octanol–water partition coefficient (Wildman–Crippen LogP) is 9.36. The molecule has 0 heterocycles. The lowest BCUT2D eigenvalue weighted by molar-refractivity contribution is 1.58. The number of rotatable bonds is 6. The molecule has 0 atom stereocenters. The molecule has 5 aromatic rings. The van der Waals surface area contributed by atoms with Crippen molar-refractivity contribution >= 4 is 24.3 Å². The molecule has 0 N–H and O–H groups in total. The van der Waals surface area contributed by atoms with Gasteiger partial charge in [-0.15, -0.1) is 0 Å². The highest BCUT2D eigenvalue weighted by atomic mass is 14.1. The molecule has 0 saturated carbocycles. The van der Waals surface area contributed by atoms with Gasteiger partial charge in [0.05, 0.1) is 0 Å². The first-order valence-electron chi connectivity index (χ1n) is 11.6. The van der Waals surface area contributed by atoms with Gasteiger partial charge in [-0.2, -0.15) is 0 Å². The lowest BCUT2D eigenvalue weighted by Gasteiger charge is -2.08. The summed E-state index contributed by atoms with van der Waals surface area (Å²) in [6.07, 6.45) is 8.86. The molecule has 34 heavy (non-hydrogen) atoms. The summed E-state index contributed by atoms with van der Waals surface area (Å²) in [6.45, 7) is 0. The fraction of sp³-hybridized carbons (Fsp3) is 0. The van der Waals surface area contributed by atoms with Crippen LogP contribution < -0.4 is 0 Å². The van der Waals surface area contributed by atoms with Gasteiger partial charge in [-0.3, -0.25) is 0 Å². The number of benzene rings is 5. The third-order valence-electron chi connectivity index (χ3n) is 5.97. The molecule has 0 fully saturated rings. The molecular weight excluding hydrogens is 408 g/mol. The first kappa shape index (κ1) is 21.4. The summed E-state index contributed by atoms with van der Waals surface area (Å²) in [7, 11) is 0. The highest BCUT2D eigenvalue weighted by Crippen LogP contribution is 2.27. The quantitative estimate of drug-likeness (QED) is 0.234. The highest BCUT2D eigenvalue weighted by molar-refractivity contribution is 5.86. The normalized spacial score (nSPS) is 11.3. The van der Waals surface area contributed by atoms with Crippen molar-refractivity contribution in [2.45, 2.75) is 0 Å². The van der Waals surface area contributed by atoms with Crippen LogP contribution in [0.15, 0.2) is 133 Å². The summed E-state index contributed by atoms with van der Waals surface area (Å²) < 4.78 is 0. The molecule has 0 spiro atoms. The van der Waals surface area contributed by atoms with Crippen molar-refractivity contribution in [2.24, 2.45) is 0 Å². The molecule has 0 bridgehead atoms. The van der Waals surface area contributed by atoms with Crippen LogP contribution in [0.4, 0.5) is 0 Å². The molecule has 0 aromatic heterocycles. The molecular formula is C34H26. The van der Waals surface area contributed by atoms with Gasteiger partial charge in [-0.05, 0) is 44.5 Å². The second kappa shape index (κ2) is 10.5. The average molecular weight is 435 g/mol. The summed E-state index contributed by atoms with van der Waals surface area (Å²) >= 11 is 0. The van der Waals surface area contributed by atoms with E-state index in [0.29, 0.717) is 0 Å². The van der Waals surface area contributed by atoms with Crippen molar-refractivity contribution < 1.29 is 0 Å². The Morgan fingerprint density at radius 1 is 0.265 bits per heavy atom. The average Bonchev–Trinajstić information content (AvgIpc) is 2.92. The van der Waals surface area contributed by atoms with Crippen molar-refractivity contribution in [3.8, 4) is 22.3 Å². The second-order valence-corrected chi connectivity index (χ2v) is 8.20. The zero-order valence-corrected chi connectivity index (χ0v) is 19.0. The van der Waals surface area contributed by atoms with Crippen LogP contribution >= 0.6 is 0 Å². The molecule has 0 heteroatoms. The highest BCUT2D eigenvalue weighted by Gasteiger charge is 2.03. The van der Waals surface area contributed by atoms with E-state index in [2.05, 4.69) is 158 Å². The van der Waals surface area contributed by atoms with E-state index in [1.807, 2.05) is 0 Å². The first-order chi connectivity index (χ1) is 16.9.